The average Bonchev–Trinajstić information content (AvgIpc) is 2.41. The van der Waals surface area contributed by atoms with Crippen molar-refractivity contribution in [3.05, 3.63) is 29.6 Å². The second kappa shape index (κ2) is 6.87. The fourth-order valence-electron chi connectivity index (χ4n) is 2.45. The third-order valence-corrected chi connectivity index (χ3v) is 3.40. The van der Waals surface area contributed by atoms with Crippen LogP contribution in [0.1, 0.15) is 25.8 Å². The van der Waals surface area contributed by atoms with E-state index in [1.165, 1.54) is 6.07 Å². The first-order valence-corrected chi connectivity index (χ1v) is 7.07. The fraction of sp³-hybridized carbons (Fsp3) is 0.600. The molecule has 1 aromatic carbocycles. The Balaban J connectivity index is 2.16. The highest BCUT2D eigenvalue weighted by Gasteiger charge is 2.20. The maximum absolute atomic E-state index is 14.0. The lowest BCUT2D eigenvalue weighted by Crippen LogP contribution is -2.41. The summed E-state index contributed by atoms with van der Waals surface area (Å²) in [5.74, 6) is -0.125. The van der Waals surface area contributed by atoms with Crippen molar-refractivity contribution in [3.8, 4) is 0 Å². The third kappa shape index (κ3) is 3.67. The molecule has 2 rings (SSSR count). The van der Waals surface area contributed by atoms with E-state index in [9.17, 15) is 4.39 Å². The second-order valence-electron chi connectivity index (χ2n) is 5.04. The number of rotatable bonds is 5. The van der Waals surface area contributed by atoms with E-state index in [0.717, 1.165) is 37.3 Å². The van der Waals surface area contributed by atoms with Gasteiger partial charge in [-0.05, 0) is 32.0 Å². The van der Waals surface area contributed by atoms with Crippen molar-refractivity contribution in [1.82, 2.24) is 5.32 Å². The summed E-state index contributed by atoms with van der Waals surface area (Å²) in [7, 11) is 0. The molecule has 1 fully saturated rings. The SMILES string of the molecule is CCCNCc1c(F)cccc1N1CCOC(C)C1. The van der Waals surface area contributed by atoms with E-state index in [1.807, 2.05) is 6.07 Å². The maximum Gasteiger partial charge on any atom is 0.129 e. The van der Waals surface area contributed by atoms with E-state index >= 15 is 0 Å². The Morgan fingerprint density at radius 3 is 3.05 bits per heavy atom. The van der Waals surface area contributed by atoms with Crippen LogP contribution in [0, 0.1) is 5.82 Å². The van der Waals surface area contributed by atoms with Crippen LogP contribution >= 0.6 is 0 Å². The van der Waals surface area contributed by atoms with Crippen LogP contribution in [0.5, 0.6) is 0 Å². The molecule has 106 valence electrons. The van der Waals surface area contributed by atoms with Crippen LogP contribution in [0.15, 0.2) is 18.2 Å². The molecule has 0 spiro atoms. The van der Waals surface area contributed by atoms with Crippen molar-refractivity contribution in [2.75, 3.05) is 31.1 Å². The van der Waals surface area contributed by atoms with Gasteiger partial charge in [0.2, 0.25) is 0 Å². The smallest absolute Gasteiger partial charge is 0.129 e. The average molecular weight is 266 g/mol. The minimum Gasteiger partial charge on any atom is -0.375 e. The Hall–Kier alpha value is -1.13. The summed E-state index contributed by atoms with van der Waals surface area (Å²) in [6.07, 6.45) is 1.26. The molecule has 1 heterocycles. The van der Waals surface area contributed by atoms with Gasteiger partial charge in [0.05, 0.1) is 12.7 Å². The predicted molar refractivity (Wildman–Crippen MR) is 76.0 cm³/mol. The summed E-state index contributed by atoms with van der Waals surface area (Å²) < 4.78 is 19.6. The molecule has 0 radical (unpaired) electrons. The van der Waals surface area contributed by atoms with E-state index in [1.54, 1.807) is 6.07 Å². The molecule has 1 aromatic rings. The van der Waals surface area contributed by atoms with Crippen LogP contribution in [0.25, 0.3) is 0 Å². The number of ether oxygens (including phenoxy) is 1. The largest absolute Gasteiger partial charge is 0.375 e. The van der Waals surface area contributed by atoms with Crippen LogP contribution < -0.4 is 10.2 Å². The quantitative estimate of drug-likeness (QED) is 0.829. The molecule has 0 amide bonds. The van der Waals surface area contributed by atoms with Gasteiger partial charge in [-0.15, -0.1) is 0 Å². The van der Waals surface area contributed by atoms with Gasteiger partial charge in [-0.3, -0.25) is 0 Å². The zero-order valence-electron chi connectivity index (χ0n) is 11.8. The molecule has 1 atom stereocenters. The van der Waals surface area contributed by atoms with Gasteiger partial charge in [0.15, 0.2) is 0 Å². The van der Waals surface area contributed by atoms with Crippen molar-refractivity contribution in [3.63, 3.8) is 0 Å². The van der Waals surface area contributed by atoms with Gasteiger partial charge in [-0.25, -0.2) is 4.39 Å². The van der Waals surface area contributed by atoms with Gasteiger partial charge in [-0.2, -0.15) is 0 Å². The van der Waals surface area contributed by atoms with Crippen molar-refractivity contribution in [2.24, 2.45) is 0 Å². The molecule has 19 heavy (non-hydrogen) atoms. The molecule has 1 saturated heterocycles. The summed E-state index contributed by atoms with van der Waals surface area (Å²) in [6.45, 7) is 8.02. The minimum atomic E-state index is -0.125. The molecular formula is C15H23FN2O. The van der Waals surface area contributed by atoms with E-state index in [0.29, 0.717) is 13.2 Å². The lowest BCUT2D eigenvalue weighted by atomic mass is 10.1. The Labute approximate surface area is 114 Å². The Kier molecular flexibility index (Phi) is 5.16. The first-order valence-electron chi connectivity index (χ1n) is 7.07. The maximum atomic E-state index is 14.0. The molecule has 0 aliphatic carbocycles. The third-order valence-electron chi connectivity index (χ3n) is 3.40. The Morgan fingerprint density at radius 2 is 2.32 bits per heavy atom. The zero-order valence-corrected chi connectivity index (χ0v) is 11.8. The number of hydrogen-bond donors (Lipinski definition) is 1. The van der Waals surface area contributed by atoms with Crippen LogP contribution in [0.4, 0.5) is 10.1 Å². The second-order valence-corrected chi connectivity index (χ2v) is 5.04. The molecule has 1 aliphatic rings. The molecular weight excluding hydrogens is 243 g/mol. The van der Waals surface area contributed by atoms with Crippen LogP contribution in [0.3, 0.4) is 0 Å². The lowest BCUT2D eigenvalue weighted by molar-refractivity contribution is 0.0531. The first kappa shape index (κ1) is 14.3. The van der Waals surface area contributed by atoms with E-state index in [2.05, 4.69) is 24.1 Å². The fourth-order valence-corrected chi connectivity index (χ4v) is 2.45. The molecule has 4 heteroatoms. The van der Waals surface area contributed by atoms with Gasteiger partial charge < -0.3 is 15.0 Å². The van der Waals surface area contributed by atoms with E-state index in [4.69, 9.17) is 4.74 Å². The molecule has 1 unspecified atom stereocenters. The summed E-state index contributed by atoms with van der Waals surface area (Å²) in [5.41, 5.74) is 1.77. The summed E-state index contributed by atoms with van der Waals surface area (Å²) in [6, 6.07) is 5.33. The number of anilines is 1. The van der Waals surface area contributed by atoms with Gasteiger partial charge in [0, 0.05) is 30.9 Å². The standard InChI is InChI=1S/C15H23FN2O/c1-3-7-17-10-13-14(16)5-4-6-15(13)18-8-9-19-12(2)11-18/h4-6,12,17H,3,7-11H2,1-2H3. The highest BCUT2D eigenvalue weighted by Crippen LogP contribution is 2.25. The summed E-state index contributed by atoms with van der Waals surface area (Å²) in [5, 5.41) is 3.28. The topological polar surface area (TPSA) is 24.5 Å². The monoisotopic (exact) mass is 266 g/mol. The highest BCUT2D eigenvalue weighted by atomic mass is 19.1. The minimum absolute atomic E-state index is 0.125. The number of hydrogen-bond acceptors (Lipinski definition) is 3. The highest BCUT2D eigenvalue weighted by molar-refractivity contribution is 5.54. The number of halogens is 1. The van der Waals surface area contributed by atoms with Crippen molar-refractivity contribution in [2.45, 2.75) is 32.9 Å². The van der Waals surface area contributed by atoms with Crippen molar-refractivity contribution < 1.29 is 9.13 Å². The normalized spacial score (nSPS) is 19.7. The van der Waals surface area contributed by atoms with Crippen LogP contribution in [0.2, 0.25) is 0 Å². The van der Waals surface area contributed by atoms with Crippen molar-refractivity contribution >= 4 is 5.69 Å². The number of nitrogens with zero attached hydrogens (tertiary/aromatic N) is 1. The van der Waals surface area contributed by atoms with Crippen LogP contribution in [-0.4, -0.2) is 32.3 Å². The number of benzene rings is 1. The molecule has 0 aromatic heterocycles. The van der Waals surface area contributed by atoms with E-state index < -0.39 is 0 Å². The van der Waals surface area contributed by atoms with Crippen LogP contribution in [-0.2, 0) is 11.3 Å². The molecule has 1 aliphatic heterocycles. The van der Waals surface area contributed by atoms with Gasteiger partial charge in [0.1, 0.15) is 5.82 Å². The van der Waals surface area contributed by atoms with Gasteiger partial charge in [0.25, 0.3) is 0 Å². The predicted octanol–water partition coefficient (Wildman–Crippen LogP) is 2.55. The van der Waals surface area contributed by atoms with Gasteiger partial charge >= 0.3 is 0 Å². The summed E-state index contributed by atoms with van der Waals surface area (Å²) in [4.78, 5) is 2.22. The van der Waals surface area contributed by atoms with Gasteiger partial charge in [-0.1, -0.05) is 13.0 Å². The summed E-state index contributed by atoms with van der Waals surface area (Å²) >= 11 is 0. The molecule has 3 nitrogen and oxygen atoms in total. The first-order chi connectivity index (χ1) is 9.22. The van der Waals surface area contributed by atoms with Crippen molar-refractivity contribution in [1.29, 1.82) is 0 Å². The molecule has 0 saturated carbocycles. The Bertz CT molecular complexity index is 411. The lowest BCUT2D eigenvalue weighted by Gasteiger charge is -2.34. The molecule has 0 bridgehead atoms. The number of nitrogens with one attached hydrogen (secondary N) is 1. The van der Waals surface area contributed by atoms with E-state index in [-0.39, 0.29) is 11.9 Å². The zero-order chi connectivity index (χ0) is 13.7. The molecule has 1 N–H and O–H groups in total. The Morgan fingerprint density at radius 1 is 1.47 bits per heavy atom. The number of morpholine rings is 1.